The summed E-state index contributed by atoms with van der Waals surface area (Å²) in [5.41, 5.74) is 5.14. The van der Waals surface area contributed by atoms with E-state index in [9.17, 15) is 4.79 Å². The van der Waals surface area contributed by atoms with Crippen molar-refractivity contribution in [3.8, 4) is 11.5 Å². The minimum atomic E-state index is -0.236. The van der Waals surface area contributed by atoms with E-state index in [0.29, 0.717) is 30.3 Å². The number of amides is 1. The van der Waals surface area contributed by atoms with Gasteiger partial charge in [-0.2, -0.15) is 5.10 Å². The molecule has 0 saturated carbocycles. The fourth-order valence-electron chi connectivity index (χ4n) is 3.18. The van der Waals surface area contributed by atoms with Crippen molar-refractivity contribution in [3.05, 3.63) is 53.6 Å². The van der Waals surface area contributed by atoms with Gasteiger partial charge in [0.25, 0.3) is 5.91 Å². The van der Waals surface area contributed by atoms with Gasteiger partial charge in [0.15, 0.2) is 11.5 Å². The second kappa shape index (κ2) is 9.78. The molecule has 0 bridgehead atoms. The number of carbonyl (C=O) groups excluding carboxylic acids is 1. The predicted octanol–water partition coefficient (Wildman–Crippen LogP) is 3.85. The number of hydrazone groups is 1. The number of benzene rings is 2. The summed E-state index contributed by atoms with van der Waals surface area (Å²) < 4.78 is 11.2. The number of rotatable bonds is 8. The van der Waals surface area contributed by atoms with E-state index in [1.54, 1.807) is 6.21 Å². The van der Waals surface area contributed by atoms with Crippen LogP contribution in [0.25, 0.3) is 0 Å². The highest BCUT2D eigenvalue weighted by Gasteiger charge is 2.13. The minimum absolute atomic E-state index is 0.236. The Bertz CT molecular complexity index is 812. The van der Waals surface area contributed by atoms with Crippen LogP contribution >= 0.6 is 0 Å². The van der Waals surface area contributed by atoms with Crippen LogP contribution in [-0.4, -0.2) is 38.4 Å². The van der Waals surface area contributed by atoms with Gasteiger partial charge in [-0.1, -0.05) is 0 Å². The normalized spacial score (nSPS) is 13.7. The highest BCUT2D eigenvalue weighted by atomic mass is 16.5. The van der Waals surface area contributed by atoms with Crippen molar-refractivity contribution in [1.82, 2.24) is 5.43 Å². The summed E-state index contributed by atoms with van der Waals surface area (Å²) in [7, 11) is 0. The zero-order chi connectivity index (χ0) is 19.8. The highest BCUT2D eigenvalue weighted by Crippen LogP contribution is 2.28. The van der Waals surface area contributed by atoms with Crippen molar-refractivity contribution in [2.75, 3.05) is 31.2 Å². The van der Waals surface area contributed by atoms with E-state index < -0.39 is 0 Å². The summed E-state index contributed by atoms with van der Waals surface area (Å²) in [5, 5.41) is 4.06. The maximum atomic E-state index is 12.3. The molecule has 0 spiro atoms. The number of hydrogen-bond donors (Lipinski definition) is 1. The van der Waals surface area contributed by atoms with Crippen LogP contribution in [0.15, 0.2) is 47.6 Å². The molecular weight excluding hydrogens is 354 g/mol. The average molecular weight is 381 g/mol. The molecule has 148 valence electrons. The lowest BCUT2D eigenvalue weighted by Crippen LogP contribution is -2.19. The van der Waals surface area contributed by atoms with E-state index in [-0.39, 0.29) is 5.91 Å². The van der Waals surface area contributed by atoms with Gasteiger partial charge in [-0.05, 0) is 74.7 Å². The standard InChI is InChI=1S/C22H27N3O3/c1-3-27-20-12-7-17(15-21(20)28-4-2)16-23-24-22(26)18-8-10-19(11-9-18)25-13-5-6-14-25/h7-12,15-16H,3-6,13-14H2,1-2H3,(H,24,26)/b23-16-. The molecule has 1 aliphatic heterocycles. The molecule has 0 unspecified atom stereocenters. The third-order valence-corrected chi connectivity index (χ3v) is 4.55. The summed E-state index contributed by atoms with van der Waals surface area (Å²) in [6.45, 7) is 7.14. The quantitative estimate of drug-likeness (QED) is 0.557. The Morgan fingerprint density at radius 3 is 2.39 bits per heavy atom. The number of nitrogens with zero attached hydrogens (tertiary/aromatic N) is 2. The van der Waals surface area contributed by atoms with Gasteiger partial charge in [0.2, 0.25) is 0 Å². The topological polar surface area (TPSA) is 63.2 Å². The van der Waals surface area contributed by atoms with Gasteiger partial charge in [-0.15, -0.1) is 0 Å². The maximum absolute atomic E-state index is 12.3. The van der Waals surface area contributed by atoms with Gasteiger partial charge in [0.1, 0.15) is 0 Å². The first kappa shape index (κ1) is 19.7. The molecule has 0 aliphatic carbocycles. The number of hydrogen-bond acceptors (Lipinski definition) is 5. The van der Waals surface area contributed by atoms with Gasteiger partial charge in [-0.25, -0.2) is 5.43 Å². The Balaban J connectivity index is 1.60. The Hall–Kier alpha value is -3.02. The second-order valence-corrected chi connectivity index (χ2v) is 6.51. The molecule has 0 atom stereocenters. The van der Waals surface area contributed by atoms with Crippen LogP contribution in [0, 0.1) is 0 Å². The number of carbonyl (C=O) groups is 1. The smallest absolute Gasteiger partial charge is 0.271 e. The summed E-state index contributed by atoms with van der Waals surface area (Å²) in [6.07, 6.45) is 4.05. The van der Waals surface area contributed by atoms with Crippen molar-refractivity contribution < 1.29 is 14.3 Å². The van der Waals surface area contributed by atoms with Gasteiger partial charge < -0.3 is 14.4 Å². The molecule has 3 rings (SSSR count). The summed E-state index contributed by atoms with van der Waals surface area (Å²) in [5.74, 6) is 1.13. The van der Waals surface area contributed by atoms with E-state index in [2.05, 4.69) is 15.4 Å². The van der Waals surface area contributed by atoms with E-state index in [1.807, 2.05) is 56.3 Å². The van der Waals surface area contributed by atoms with Gasteiger partial charge in [0, 0.05) is 24.3 Å². The van der Waals surface area contributed by atoms with Crippen LogP contribution in [0.4, 0.5) is 5.69 Å². The monoisotopic (exact) mass is 381 g/mol. The lowest BCUT2D eigenvalue weighted by atomic mass is 10.2. The van der Waals surface area contributed by atoms with Crippen LogP contribution in [0.1, 0.15) is 42.6 Å². The van der Waals surface area contributed by atoms with Crippen LogP contribution in [0.2, 0.25) is 0 Å². The van der Waals surface area contributed by atoms with Crippen molar-refractivity contribution in [2.24, 2.45) is 5.10 Å². The number of nitrogens with one attached hydrogen (secondary N) is 1. The second-order valence-electron chi connectivity index (χ2n) is 6.51. The third-order valence-electron chi connectivity index (χ3n) is 4.55. The zero-order valence-corrected chi connectivity index (χ0v) is 16.5. The molecule has 28 heavy (non-hydrogen) atoms. The van der Waals surface area contributed by atoms with Crippen LogP contribution in [-0.2, 0) is 0 Å². The minimum Gasteiger partial charge on any atom is -0.490 e. The van der Waals surface area contributed by atoms with E-state index in [4.69, 9.17) is 9.47 Å². The first-order chi connectivity index (χ1) is 13.7. The van der Waals surface area contributed by atoms with Crippen LogP contribution in [0.5, 0.6) is 11.5 Å². The van der Waals surface area contributed by atoms with Crippen molar-refractivity contribution in [1.29, 1.82) is 0 Å². The molecule has 1 aliphatic rings. The van der Waals surface area contributed by atoms with Gasteiger partial charge >= 0.3 is 0 Å². The fraction of sp³-hybridized carbons (Fsp3) is 0.364. The van der Waals surface area contributed by atoms with Crippen LogP contribution < -0.4 is 19.8 Å². The molecule has 1 fully saturated rings. The molecule has 1 N–H and O–H groups in total. The van der Waals surface area contributed by atoms with Crippen molar-refractivity contribution >= 4 is 17.8 Å². The Labute approximate surface area is 166 Å². The first-order valence-electron chi connectivity index (χ1n) is 9.79. The molecule has 2 aromatic rings. The lowest BCUT2D eigenvalue weighted by molar-refractivity contribution is 0.0955. The summed E-state index contributed by atoms with van der Waals surface area (Å²) in [4.78, 5) is 14.6. The zero-order valence-electron chi connectivity index (χ0n) is 16.5. The number of ether oxygens (including phenoxy) is 2. The predicted molar refractivity (Wildman–Crippen MR) is 112 cm³/mol. The largest absolute Gasteiger partial charge is 0.490 e. The van der Waals surface area contributed by atoms with E-state index in [0.717, 1.165) is 24.3 Å². The molecular formula is C22H27N3O3. The summed E-state index contributed by atoms with van der Waals surface area (Å²) in [6, 6.07) is 13.2. The summed E-state index contributed by atoms with van der Waals surface area (Å²) >= 11 is 0. The van der Waals surface area contributed by atoms with E-state index in [1.165, 1.54) is 12.8 Å². The highest BCUT2D eigenvalue weighted by molar-refractivity contribution is 5.95. The fourth-order valence-corrected chi connectivity index (χ4v) is 3.18. The van der Waals surface area contributed by atoms with Crippen molar-refractivity contribution in [3.63, 3.8) is 0 Å². The molecule has 0 radical (unpaired) electrons. The van der Waals surface area contributed by atoms with Gasteiger partial charge in [0.05, 0.1) is 19.4 Å². The first-order valence-corrected chi connectivity index (χ1v) is 9.79. The molecule has 6 heteroatoms. The maximum Gasteiger partial charge on any atom is 0.271 e. The molecule has 1 amide bonds. The number of anilines is 1. The van der Waals surface area contributed by atoms with E-state index >= 15 is 0 Å². The SMILES string of the molecule is CCOc1ccc(/C=N\NC(=O)c2ccc(N3CCCC3)cc2)cc1OCC. The Kier molecular flexibility index (Phi) is 6.89. The molecule has 1 heterocycles. The third kappa shape index (κ3) is 5.03. The molecule has 0 aromatic heterocycles. The molecule has 1 saturated heterocycles. The molecule has 2 aromatic carbocycles. The molecule has 6 nitrogen and oxygen atoms in total. The van der Waals surface area contributed by atoms with Crippen LogP contribution in [0.3, 0.4) is 0 Å². The average Bonchev–Trinajstić information content (AvgIpc) is 3.25. The van der Waals surface area contributed by atoms with Crippen molar-refractivity contribution in [2.45, 2.75) is 26.7 Å². The van der Waals surface area contributed by atoms with Gasteiger partial charge in [-0.3, -0.25) is 4.79 Å². The lowest BCUT2D eigenvalue weighted by Gasteiger charge is -2.17. The Morgan fingerprint density at radius 1 is 1.04 bits per heavy atom. The Morgan fingerprint density at radius 2 is 1.71 bits per heavy atom.